The first-order chi connectivity index (χ1) is 12.0. The zero-order valence-electron chi connectivity index (χ0n) is 13.8. The normalized spacial score (nSPS) is 10.6. The van der Waals surface area contributed by atoms with Gasteiger partial charge in [-0.15, -0.1) is 0 Å². The highest BCUT2D eigenvalue weighted by Gasteiger charge is 2.12. The van der Waals surface area contributed by atoms with Crippen LogP contribution >= 0.6 is 0 Å². The lowest BCUT2D eigenvalue weighted by molar-refractivity contribution is -0.384. The van der Waals surface area contributed by atoms with Gasteiger partial charge in [0.2, 0.25) is 0 Å². The van der Waals surface area contributed by atoms with Crippen molar-refractivity contribution >= 4 is 17.5 Å². The molecule has 0 aliphatic rings. The van der Waals surface area contributed by atoms with Crippen molar-refractivity contribution in [2.75, 3.05) is 21.0 Å². The molecule has 0 fully saturated rings. The van der Waals surface area contributed by atoms with Gasteiger partial charge in [0.1, 0.15) is 11.5 Å². The molecule has 25 heavy (non-hydrogen) atoms. The number of hydrogen-bond acceptors (Lipinski definition) is 6. The first-order valence-electron chi connectivity index (χ1n) is 7.32. The van der Waals surface area contributed by atoms with E-state index in [9.17, 15) is 14.9 Å². The molecular formula is C18H17NO6. The molecule has 2 aromatic rings. The van der Waals surface area contributed by atoms with Crippen LogP contribution in [0.1, 0.15) is 15.9 Å². The number of carbonyl (C=O) groups excluding carboxylic acids is 1. The summed E-state index contributed by atoms with van der Waals surface area (Å²) >= 11 is 0. The topological polar surface area (TPSA) is 87.9 Å². The molecule has 0 amide bonds. The number of benzene rings is 2. The predicted octanol–water partition coefficient (Wildman–Crippen LogP) is 3.48. The third-order valence-electron chi connectivity index (χ3n) is 3.32. The highest BCUT2D eigenvalue weighted by Crippen LogP contribution is 2.26. The second kappa shape index (κ2) is 8.60. The van der Waals surface area contributed by atoms with Crippen molar-refractivity contribution in [3.63, 3.8) is 0 Å². The fraction of sp³-hybridized carbons (Fsp3) is 0.167. The third-order valence-corrected chi connectivity index (χ3v) is 3.32. The van der Waals surface area contributed by atoms with Crippen molar-refractivity contribution in [1.82, 2.24) is 0 Å². The van der Waals surface area contributed by atoms with Crippen LogP contribution in [0.3, 0.4) is 0 Å². The maximum atomic E-state index is 12.4. The maximum Gasteiger partial charge on any atom is 0.269 e. The Bertz CT molecular complexity index is 783. The van der Waals surface area contributed by atoms with Gasteiger partial charge in [-0.3, -0.25) is 14.9 Å². The fourth-order valence-corrected chi connectivity index (χ4v) is 2.04. The lowest BCUT2D eigenvalue weighted by Gasteiger charge is -2.10. The molecule has 0 aliphatic heterocycles. The number of ketones is 1. The lowest BCUT2D eigenvalue weighted by Crippen LogP contribution is -2.05. The van der Waals surface area contributed by atoms with Gasteiger partial charge in [-0.25, -0.2) is 0 Å². The number of ether oxygens (including phenoxy) is 3. The largest absolute Gasteiger partial charge is 0.497 e. The van der Waals surface area contributed by atoms with Crippen LogP contribution in [0.15, 0.2) is 48.5 Å². The number of carbonyl (C=O) groups is 1. The van der Waals surface area contributed by atoms with Gasteiger partial charge >= 0.3 is 0 Å². The standard InChI is InChI=1S/C18H17NO6/c1-23-12-25-18-11-15(24-2)8-9-16(18)17(20)10-5-13-3-6-14(7-4-13)19(21)22/h3-11H,12H2,1-2H3. The molecule has 0 unspecified atom stereocenters. The minimum absolute atomic E-state index is 0.000482. The Morgan fingerprint density at radius 3 is 2.48 bits per heavy atom. The molecule has 130 valence electrons. The van der Waals surface area contributed by atoms with E-state index in [1.165, 1.54) is 32.4 Å². The predicted molar refractivity (Wildman–Crippen MR) is 92.0 cm³/mol. The third kappa shape index (κ3) is 4.89. The lowest BCUT2D eigenvalue weighted by atomic mass is 10.1. The second-order valence-electron chi connectivity index (χ2n) is 4.96. The van der Waals surface area contributed by atoms with Crippen molar-refractivity contribution in [2.45, 2.75) is 0 Å². The average Bonchev–Trinajstić information content (AvgIpc) is 2.64. The molecule has 2 rings (SSSR count). The number of methoxy groups -OCH3 is 2. The van der Waals surface area contributed by atoms with E-state index < -0.39 is 4.92 Å². The molecule has 0 aromatic heterocycles. The van der Waals surface area contributed by atoms with E-state index in [2.05, 4.69) is 0 Å². The number of nitrogens with zero attached hydrogens (tertiary/aromatic N) is 1. The molecule has 0 N–H and O–H groups in total. The molecule has 7 nitrogen and oxygen atoms in total. The first-order valence-corrected chi connectivity index (χ1v) is 7.32. The molecule has 0 bridgehead atoms. The van der Waals surface area contributed by atoms with E-state index in [0.717, 1.165) is 0 Å². The molecule has 0 heterocycles. The van der Waals surface area contributed by atoms with E-state index in [0.29, 0.717) is 22.6 Å². The van der Waals surface area contributed by atoms with Crippen LogP contribution in [-0.2, 0) is 4.74 Å². The van der Waals surface area contributed by atoms with Gasteiger partial charge in [0, 0.05) is 25.3 Å². The Balaban J connectivity index is 2.20. The van der Waals surface area contributed by atoms with Crippen molar-refractivity contribution in [3.05, 3.63) is 69.8 Å². The second-order valence-corrected chi connectivity index (χ2v) is 4.96. The maximum absolute atomic E-state index is 12.4. The Kier molecular flexibility index (Phi) is 6.25. The van der Waals surface area contributed by atoms with Gasteiger partial charge in [-0.1, -0.05) is 6.08 Å². The number of hydrogen-bond donors (Lipinski definition) is 0. The fourth-order valence-electron chi connectivity index (χ4n) is 2.04. The summed E-state index contributed by atoms with van der Waals surface area (Å²) in [6.07, 6.45) is 2.96. The Morgan fingerprint density at radius 2 is 1.88 bits per heavy atom. The van der Waals surface area contributed by atoms with Gasteiger partial charge in [0.25, 0.3) is 5.69 Å². The number of rotatable bonds is 8. The number of non-ortho nitro benzene ring substituents is 1. The summed E-state index contributed by atoms with van der Waals surface area (Å²) in [5.41, 5.74) is 1.02. The Hall–Kier alpha value is -3.19. The van der Waals surface area contributed by atoms with Crippen LogP contribution in [0.5, 0.6) is 11.5 Å². The van der Waals surface area contributed by atoms with Crippen molar-refractivity contribution in [1.29, 1.82) is 0 Å². The summed E-state index contributed by atoms with van der Waals surface area (Å²) in [5, 5.41) is 10.6. The van der Waals surface area contributed by atoms with Crippen molar-refractivity contribution in [2.24, 2.45) is 0 Å². The van der Waals surface area contributed by atoms with Crippen LogP contribution in [-0.4, -0.2) is 31.7 Å². The Morgan fingerprint density at radius 1 is 1.16 bits per heavy atom. The van der Waals surface area contributed by atoms with Crippen LogP contribution in [0.4, 0.5) is 5.69 Å². The smallest absolute Gasteiger partial charge is 0.269 e. The van der Waals surface area contributed by atoms with Gasteiger partial charge in [0.05, 0.1) is 17.6 Å². The molecule has 0 atom stereocenters. The molecular weight excluding hydrogens is 326 g/mol. The minimum atomic E-state index is -0.477. The van der Waals surface area contributed by atoms with E-state index in [1.807, 2.05) is 0 Å². The van der Waals surface area contributed by atoms with Crippen LogP contribution in [0.25, 0.3) is 6.08 Å². The van der Waals surface area contributed by atoms with Crippen LogP contribution in [0.2, 0.25) is 0 Å². The Labute approximate surface area is 144 Å². The number of allylic oxidation sites excluding steroid dienone is 1. The molecule has 0 spiro atoms. The van der Waals surface area contributed by atoms with Gasteiger partial charge in [-0.2, -0.15) is 0 Å². The van der Waals surface area contributed by atoms with E-state index in [1.54, 1.807) is 36.4 Å². The van der Waals surface area contributed by atoms with Gasteiger partial charge in [0.15, 0.2) is 12.6 Å². The van der Waals surface area contributed by atoms with E-state index >= 15 is 0 Å². The molecule has 0 saturated heterocycles. The quantitative estimate of drug-likeness (QED) is 0.240. The summed E-state index contributed by atoms with van der Waals surface area (Å²) in [6.45, 7) is -0.000482. The molecule has 2 aromatic carbocycles. The summed E-state index contributed by atoms with van der Waals surface area (Å²) in [4.78, 5) is 22.6. The number of nitro groups is 1. The molecule has 7 heteroatoms. The molecule has 0 aliphatic carbocycles. The average molecular weight is 343 g/mol. The number of nitro benzene ring substituents is 1. The van der Waals surface area contributed by atoms with E-state index in [4.69, 9.17) is 14.2 Å². The summed E-state index contributed by atoms with van der Waals surface area (Å²) in [7, 11) is 3.00. The minimum Gasteiger partial charge on any atom is -0.497 e. The molecule has 0 radical (unpaired) electrons. The van der Waals surface area contributed by atoms with Crippen molar-refractivity contribution < 1.29 is 23.9 Å². The first kappa shape index (κ1) is 18.2. The van der Waals surface area contributed by atoms with Gasteiger partial charge < -0.3 is 14.2 Å². The highest BCUT2D eigenvalue weighted by atomic mass is 16.7. The van der Waals surface area contributed by atoms with Crippen LogP contribution in [0, 0.1) is 10.1 Å². The monoisotopic (exact) mass is 343 g/mol. The molecule has 0 saturated carbocycles. The highest BCUT2D eigenvalue weighted by molar-refractivity contribution is 6.08. The van der Waals surface area contributed by atoms with Crippen LogP contribution < -0.4 is 9.47 Å². The SMILES string of the molecule is COCOc1cc(OC)ccc1C(=O)C=Cc1ccc([N+](=O)[O-])cc1. The van der Waals surface area contributed by atoms with Gasteiger partial charge in [-0.05, 0) is 35.9 Å². The summed E-state index contributed by atoms with van der Waals surface area (Å²) in [6, 6.07) is 10.8. The van der Waals surface area contributed by atoms with Crippen molar-refractivity contribution in [3.8, 4) is 11.5 Å². The summed E-state index contributed by atoms with van der Waals surface area (Å²) < 4.78 is 15.4. The summed E-state index contributed by atoms with van der Waals surface area (Å²) in [5.74, 6) is 0.633. The zero-order valence-corrected chi connectivity index (χ0v) is 13.8. The van der Waals surface area contributed by atoms with E-state index in [-0.39, 0.29) is 18.3 Å². The zero-order chi connectivity index (χ0) is 18.2.